The first kappa shape index (κ1) is 17.1. The van der Waals surface area contributed by atoms with Crippen LogP contribution in [-0.4, -0.2) is 57.9 Å². The molecule has 0 aromatic carbocycles. The van der Waals surface area contributed by atoms with E-state index < -0.39 is 17.7 Å². The van der Waals surface area contributed by atoms with Gasteiger partial charge in [-0.1, -0.05) is 6.92 Å². The molecule has 2 heterocycles. The van der Waals surface area contributed by atoms with Gasteiger partial charge in [-0.15, -0.1) is 0 Å². The third-order valence-electron chi connectivity index (χ3n) is 3.26. The Balaban J connectivity index is 1.94. The van der Waals surface area contributed by atoms with Crippen molar-refractivity contribution in [3.8, 4) is 0 Å². The molecule has 3 N–H and O–H groups in total. The largest absolute Gasteiger partial charge is 0.444 e. The van der Waals surface area contributed by atoms with E-state index in [1.165, 1.54) is 4.90 Å². The average Bonchev–Trinajstić information content (AvgIpc) is 2.65. The molecule has 0 aromatic heterocycles. The highest BCUT2D eigenvalue weighted by atomic mass is 16.6. The number of alkyl carbamates (subject to hydrolysis) is 1. The molecule has 2 aliphatic heterocycles. The minimum atomic E-state index is -0.584. The number of amides is 3. The SMILES string of the molecule is CC/C(=N\NC1=CC2CN(C1)C(=O)N2O)NC(=O)OC(C)(C)C. The Morgan fingerprint density at radius 1 is 1.52 bits per heavy atom. The maximum atomic E-state index is 11.7. The lowest BCUT2D eigenvalue weighted by Gasteiger charge is -2.21. The molecule has 1 unspecified atom stereocenters. The summed E-state index contributed by atoms with van der Waals surface area (Å²) in [6, 6.07) is -0.799. The molecule has 2 bridgehead atoms. The molecule has 2 rings (SSSR count). The number of nitrogens with one attached hydrogen (secondary N) is 2. The first-order valence-corrected chi connectivity index (χ1v) is 7.50. The van der Waals surface area contributed by atoms with Gasteiger partial charge in [-0.2, -0.15) is 10.2 Å². The van der Waals surface area contributed by atoms with Crippen molar-refractivity contribution in [3.63, 3.8) is 0 Å². The van der Waals surface area contributed by atoms with Gasteiger partial charge in [0.15, 0.2) is 0 Å². The van der Waals surface area contributed by atoms with E-state index in [9.17, 15) is 14.8 Å². The van der Waals surface area contributed by atoms with E-state index in [0.717, 1.165) is 0 Å². The van der Waals surface area contributed by atoms with Gasteiger partial charge in [0.2, 0.25) is 0 Å². The van der Waals surface area contributed by atoms with Gasteiger partial charge in [0.1, 0.15) is 11.4 Å². The summed E-state index contributed by atoms with van der Waals surface area (Å²) in [5, 5.41) is 17.0. The molecule has 0 spiro atoms. The summed E-state index contributed by atoms with van der Waals surface area (Å²) in [5.74, 6) is 0.417. The average molecular weight is 325 g/mol. The van der Waals surface area contributed by atoms with Gasteiger partial charge in [-0.05, 0) is 26.8 Å². The number of hydrogen-bond donors (Lipinski definition) is 3. The van der Waals surface area contributed by atoms with Crippen LogP contribution in [0.3, 0.4) is 0 Å². The standard InChI is InChI=1S/C14H23N5O4/c1-5-11(15-12(20)23-14(2,3)4)17-16-9-6-10-8-18(7-9)13(21)19(10)22/h6,10,16,22H,5,7-8H2,1-4H3,(H,15,17,20). The highest BCUT2D eigenvalue weighted by Crippen LogP contribution is 2.21. The van der Waals surface area contributed by atoms with Crippen LogP contribution in [-0.2, 0) is 4.74 Å². The Labute approximate surface area is 134 Å². The van der Waals surface area contributed by atoms with Crippen molar-refractivity contribution in [2.45, 2.75) is 45.8 Å². The minimum absolute atomic E-state index is 0.333. The van der Waals surface area contributed by atoms with Gasteiger partial charge < -0.3 is 9.64 Å². The Kier molecular flexibility index (Phi) is 4.79. The normalized spacial score (nSPS) is 21.3. The lowest BCUT2D eigenvalue weighted by atomic mass is 10.2. The third-order valence-corrected chi connectivity index (χ3v) is 3.26. The molecule has 0 saturated carbocycles. The maximum absolute atomic E-state index is 11.7. The van der Waals surface area contributed by atoms with E-state index in [0.29, 0.717) is 36.1 Å². The molecule has 0 aliphatic carbocycles. The molecule has 1 fully saturated rings. The van der Waals surface area contributed by atoms with Crippen LogP contribution in [0.2, 0.25) is 0 Å². The van der Waals surface area contributed by atoms with Crippen molar-refractivity contribution in [1.29, 1.82) is 0 Å². The third kappa shape index (κ3) is 4.35. The lowest BCUT2D eigenvalue weighted by molar-refractivity contribution is -0.0451. The summed E-state index contributed by atoms with van der Waals surface area (Å²) in [4.78, 5) is 24.9. The summed E-state index contributed by atoms with van der Waals surface area (Å²) >= 11 is 0. The van der Waals surface area contributed by atoms with Crippen LogP contribution in [0.1, 0.15) is 34.1 Å². The molecule has 2 aliphatic rings. The monoisotopic (exact) mass is 325 g/mol. The van der Waals surface area contributed by atoms with Gasteiger partial charge in [0.25, 0.3) is 0 Å². The highest BCUT2D eigenvalue weighted by molar-refractivity contribution is 5.95. The maximum Gasteiger partial charge on any atom is 0.413 e. The molecule has 3 amide bonds. The first-order chi connectivity index (χ1) is 10.7. The van der Waals surface area contributed by atoms with Crippen LogP contribution in [0.5, 0.6) is 0 Å². The number of fused-ring (bicyclic) bond motifs is 2. The van der Waals surface area contributed by atoms with Gasteiger partial charge in [-0.3, -0.25) is 15.9 Å². The summed E-state index contributed by atoms with van der Waals surface area (Å²) in [6.45, 7) is 7.98. The quantitative estimate of drug-likeness (QED) is 0.313. The van der Waals surface area contributed by atoms with Gasteiger partial charge in [-0.25, -0.2) is 9.59 Å². The number of carbonyl (C=O) groups excluding carboxylic acids is 2. The number of rotatable bonds is 3. The van der Waals surface area contributed by atoms with E-state index in [2.05, 4.69) is 15.8 Å². The van der Waals surface area contributed by atoms with E-state index in [1.807, 2.05) is 6.92 Å². The Hall–Kier alpha value is -2.29. The number of nitrogens with zero attached hydrogens (tertiary/aromatic N) is 3. The lowest BCUT2D eigenvalue weighted by Crippen LogP contribution is -2.38. The van der Waals surface area contributed by atoms with Crippen molar-refractivity contribution >= 4 is 18.0 Å². The number of hydrogen-bond acceptors (Lipinski definition) is 6. The number of carbonyl (C=O) groups is 2. The van der Waals surface area contributed by atoms with Gasteiger partial charge in [0.05, 0.1) is 18.3 Å². The molecule has 128 valence electrons. The fourth-order valence-electron chi connectivity index (χ4n) is 2.24. The summed E-state index contributed by atoms with van der Waals surface area (Å²) < 4.78 is 5.17. The number of urea groups is 1. The van der Waals surface area contributed by atoms with Crippen molar-refractivity contribution < 1.29 is 19.5 Å². The van der Waals surface area contributed by atoms with Crippen molar-refractivity contribution in [3.05, 3.63) is 11.8 Å². The molecule has 9 nitrogen and oxygen atoms in total. The van der Waals surface area contributed by atoms with Gasteiger partial charge >= 0.3 is 12.1 Å². The summed E-state index contributed by atoms with van der Waals surface area (Å²) in [6.07, 6.45) is 1.67. The molecular formula is C14H23N5O4. The van der Waals surface area contributed by atoms with E-state index in [1.54, 1.807) is 26.8 Å². The Morgan fingerprint density at radius 3 is 2.78 bits per heavy atom. The Morgan fingerprint density at radius 2 is 2.22 bits per heavy atom. The van der Waals surface area contributed by atoms with Crippen LogP contribution in [0.25, 0.3) is 0 Å². The molecule has 23 heavy (non-hydrogen) atoms. The molecule has 0 radical (unpaired) electrons. The number of amidine groups is 1. The second kappa shape index (κ2) is 6.45. The van der Waals surface area contributed by atoms with Gasteiger partial charge in [0, 0.05) is 13.0 Å². The molecule has 1 atom stereocenters. The molecular weight excluding hydrogens is 302 g/mol. The zero-order chi connectivity index (χ0) is 17.2. The van der Waals surface area contributed by atoms with E-state index in [4.69, 9.17) is 4.74 Å². The minimum Gasteiger partial charge on any atom is -0.444 e. The van der Waals surface area contributed by atoms with Crippen LogP contribution in [0, 0.1) is 0 Å². The van der Waals surface area contributed by atoms with Crippen molar-refractivity contribution in [1.82, 2.24) is 20.7 Å². The molecule has 0 aromatic rings. The first-order valence-electron chi connectivity index (χ1n) is 7.50. The topological polar surface area (TPSA) is 107 Å². The second-order valence-corrected chi connectivity index (χ2v) is 6.42. The second-order valence-electron chi connectivity index (χ2n) is 6.42. The van der Waals surface area contributed by atoms with Crippen molar-refractivity contribution in [2.75, 3.05) is 13.1 Å². The summed E-state index contributed by atoms with van der Waals surface area (Å²) in [7, 11) is 0. The fourth-order valence-corrected chi connectivity index (χ4v) is 2.24. The Bertz CT molecular complexity index is 552. The number of ether oxygens (including phenoxy) is 1. The van der Waals surface area contributed by atoms with E-state index >= 15 is 0 Å². The summed E-state index contributed by atoms with van der Waals surface area (Å²) in [5.41, 5.74) is 2.93. The fraction of sp³-hybridized carbons (Fsp3) is 0.643. The van der Waals surface area contributed by atoms with E-state index in [-0.39, 0.29) is 6.04 Å². The molecule has 9 heteroatoms. The number of hydrazone groups is 1. The van der Waals surface area contributed by atoms with Crippen LogP contribution >= 0.6 is 0 Å². The predicted molar refractivity (Wildman–Crippen MR) is 82.7 cm³/mol. The van der Waals surface area contributed by atoms with Crippen LogP contribution in [0.4, 0.5) is 9.59 Å². The zero-order valence-corrected chi connectivity index (χ0v) is 13.8. The predicted octanol–water partition coefficient (Wildman–Crippen LogP) is 1.22. The molecule has 1 saturated heterocycles. The highest BCUT2D eigenvalue weighted by Gasteiger charge is 2.39. The zero-order valence-electron chi connectivity index (χ0n) is 13.8. The smallest absolute Gasteiger partial charge is 0.413 e. The van der Waals surface area contributed by atoms with Crippen LogP contribution in [0.15, 0.2) is 16.9 Å². The van der Waals surface area contributed by atoms with Crippen LogP contribution < -0.4 is 10.7 Å². The van der Waals surface area contributed by atoms with Crippen molar-refractivity contribution in [2.24, 2.45) is 5.10 Å². The number of hydroxylamine groups is 2.